The smallest absolute Gasteiger partial charge is 0.475 e. The van der Waals surface area contributed by atoms with Crippen molar-refractivity contribution in [1.29, 1.82) is 0 Å². The van der Waals surface area contributed by atoms with Crippen molar-refractivity contribution >= 4 is 21.7 Å². The van der Waals surface area contributed by atoms with E-state index in [1.165, 1.54) is 5.56 Å². The number of para-hydroxylation sites is 1. The molecule has 0 unspecified atom stereocenters. The maximum absolute atomic E-state index is 13.8. The third-order valence-electron chi connectivity index (χ3n) is 7.32. The van der Waals surface area contributed by atoms with Gasteiger partial charge in [-0.05, 0) is 60.9 Å². The number of aliphatic carboxylic acids is 1. The van der Waals surface area contributed by atoms with Crippen LogP contribution in [0.2, 0.25) is 0 Å². The van der Waals surface area contributed by atoms with Crippen LogP contribution in [-0.2, 0) is 26.1 Å². The maximum Gasteiger partial charge on any atom is 0.490 e. The fraction of sp³-hybridized carbons (Fsp3) is 0.480. The molecule has 1 saturated heterocycles. The number of carbonyl (C=O) groups is 1. The number of piperidine rings is 1. The molecule has 1 saturated carbocycles. The second kappa shape index (κ2) is 9.39. The van der Waals surface area contributed by atoms with Crippen molar-refractivity contribution in [2.75, 3.05) is 30.7 Å². The molecule has 8 nitrogen and oxygen atoms in total. The standard InChI is InChI=1S/C23H26N2O4S.C2HF3O2/c26-30(27)23(19-3-1-2-4-20(19)25(30)15-17-5-6-17)9-11-24(12-10-23)14-18-7-8-21-22(13-18)29-16-28-21;3-2(4,5)1(6)7/h1-4,7-8,13,17H,5-6,9-12,14-16H2;(H,6,7). The molecule has 6 rings (SSSR count). The van der Waals surface area contributed by atoms with Gasteiger partial charge in [0.15, 0.2) is 11.5 Å². The lowest BCUT2D eigenvalue weighted by atomic mass is 9.87. The molecule has 1 aliphatic carbocycles. The van der Waals surface area contributed by atoms with E-state index in [0.717, 1.165) is 55.2 Å². The van der Waals surface area contributed by atoms with Gasteiger partial charge in [-0.1, -0.05) is 24.3 Å². The van der Waals surface area contributed by atoms with Gasteiger partial charge in [0, 0.05) is 26.2 Å². The van der Waals surface area contributed by atoms with Gasteiger partial charge in [0.2, 0.25) is 16.8 Å². The second-order valence-electron chi connectivity index (χ2n) is 9.76. The number of hydrogen-bond acceptors (Lipinski definition) is 6. The first kappa shape index (κ1) is 25.7. The van der Waals surface area contributed by atoms with Crippen LogP contribution in [0.25, 0.3) is 0 Å². The van der Waals surface area contributed by atoms with Gasteiger partial charge in [0.05, 0.1) is 5.69 Å². The molecule has 12 heteroatoms. The van der Waals surface area contributed by atoms with Gasteiger partial charge in [-0.15, -0.1) is 0 Å². The van der Waals surface area contributed by atoms with Crippen molar-refractivity contribution in [3.63, 3.8) is 0 Å². The second-order valence-corrected chi connectivity index (χ2v) is 11.9. The fourth-order valence-electron chi connectivity index (χ4n) is 5.18. The van der Waals surface area contributed by atoms with Crippen molar-refractivity contribution in [2.24, 2.45) is 5.92 Å². The van der Waals surface area contributed by atoms with E-state index in [9.17, 15) is 21.6 Å². The van der Waals surface area contributed by atoms with Gasteiger partial charge in [0.1, 0.15) is 4.75 Å². The summed E-state index contributed by atoms with van der Waals surface area (Å²) in [4.78, 5) is 11.2. The highest BCUT2D eigenvalue weighted by Crippen LogP contribution is 2.53. The molecule has 37 heavy (non-hydrogen) atoms. The summed E-state index contributed by atoms with van der Waals surface area (Å²) >= 11 is 0. The van der Waals surface area contributed by atoms with Gasteiger partial charge in [-0.25, -0.2) is 13.2 Å². The van der Waals surface area contributed by atoms with Crippen LogP contribution in [0.1, 0.15) is 36.8 Å². The molecule has 0 atom stereocenters. The van der Waals surface area contributed by atoms with Gasteiger partial charge in [-0.2, -0.15) is 13.2 Å². The fourth-order valence-corrected chi connectivity index (χ4v) is 7.58. The molecule has 4 aliphatic rings. The monoisotopic (exact) mass is 540 g/mol. The number of rotatable bonds is 4. The topological polar surface area (TPSA) is 96.4 Å². The van der Waals surface area contributed by atoms with Crippen LogP contribution < -0.4 is 13.8 Å². The minimum atomic E-state index is -5.08. The van der Waals surface area contributed by atoms with Crippen LogP contribution >= 0.6 is 0 Å². The van der Waals surface area contributed by atoms with Crippen LogP contribution in [0.4, 0.5) is 18.9 Å². The molecule has 3 aliphatic heterocycles. The lowest BCUT2D eigenvalue weighted by Gasteiger charge is -2.39. The maximum atomic E-state index is 13.8. The molecular weight excluding hydrogens is 513 g/mol. The largest absolute Gasteiger partial charge is 0.490 e. The number of benzene rings is 2. The van der Waals surface area contributed by atoms with Crippen molar-refractivity contribution in [3.8, 4) is 11.5 Å². The van der Waals surface area contributed by atoms with Crippen LogP contribution in [0.5, 0.6) is 11.5 Å². The van der Waals surface area contributed by atoms with E-state index in [-0.39, 0.29) is 6.79 Å². The van der Waals surface area contributed by atoms with Gasteiger partial charge >= 0.3 is 12.1 Å². The van der Waals surface area contributed by atoms with E-state index >= 15 is 0 Å². The van der Waals surface area contributed by atoms with E-state index in [2.05, 4.69) is 11.0 Å². The average Bonchev–Trinajstić information content (AvgIpc) is 3.53. The number of nitrogens with zero attached hydrogens (tertiary/aromatic N) is 2. The van der Waals surface area contributed by atoms with Crippen LogP contribution in [-0.4, -0.2) is 57.0 Å². The number of sulfonamides is 1. The highest BCUT2D eigenvalue weighted by Gasteiger charge is 2.57. The Hall–Kier alpha value is -2.99. The Morgan fingerprint density at radius 1 is 1.05 bits per heavy atom. The minimum Gasteiger partial charge on any atom is -0.475 e. The van der Waals surface area contributed by atoms with Crippen molar-refractivity contribution in [1.82, 2.24) is 4.90 Å². The Kier molecular flexibility index (Phi) is 6.51. The SMILES string of the molecule is O=C(O)C(F)(F)F.O=S1(=O)N(CC2CC2)c2ccccc2C12CCN(Cc1ccc3c(c1)OCO3)CC2. The number of fused-ring (bicyclic) bond motifs is 3. The Balaban J connectivity index is 0.000000355. The number of halogens is 3. The van der Waals surface area contributed by atoms with Crippen LogP contribution in [0.3, 0.4) is 0 Å². The quantitative estimate of drug-likeness (QED) is 0.624. The number of carboxylic acids is 1. The summed E-state index contributed by atoms with van der Waals surface area (Å²) in [5.41, 5.74) is 3.09. The van der Waals surface area contributed by atoms with E-state index in [0.29, 0.717) is 25.3 Å². The Labute approximate surface area is 212 Å². The zero-order chi connectivity index (χ0) is 26.4. The van der Waals surface area contributed by atoms with E-state index in [4.69, 9.17) is 19.4 Å². The van der Waals surface area contributed by atoms with Gasteiger partial charge < -0.3 is 14.6 Å². The van der Waals surface area contributed by atoms with Crippen LogP contribution in [0.15, 0.2) is 42.5 Å². The molecule has 0 radical (unpaired) electrons. The lowest BCUT2D eigenvalue weighted by molar-refractivity contribution is -0.192. The Morgan fingerprint density at radius 3 is 2.35 bits per heavy atom. The molecule has 3 heterocycles. The summed E-state index contributed by atoms with van der Waals surface area (Å²) in [5.74, 6) is -0.647. The average molecular weight is 541 g/mol. The molecule has 0 aromatic heterocycles. The summed E-state index contributed by atoms with van der Waals surface area (Å²) in [7, 11) is -3.40. The number of alkyl halides is 3. The molecule has 2 aromatic rings. The third-order valence-corrected chi connectivity index (χ3v) is 9.86. The summed E-state index contributed by atoms with van der Waals surface area (Å²) in [6.07, 6.45) is -1.52. The van der Waals surface area contributed by atoms with E-state index in [1.807, 2.05) is 36.4 Å². The number of likely N-dealkylation sites (tertiary alicyclic amines) is 1. The predicted octanol–water partition coefficient (Wildman–Crippen LogP) is 4.10. The Morgan fingerprint density at radius 2 is 1.70 bits per heavy atom. The lowest BCUT2D eigenvalue weighted by Crippen LogP contribution is -2.48. The Bertz CT molecular complexity index is 1290. The molecule has 200 valence electrons. The third kappa shape index (κ3) is 4.84. The molecule has 2 fully saturated rings. The minimum absolute atomic E-state index is 0.277. The molecule has 2 aromatic carbocycles. The summed E-state index contributed by atoms with van der Waals surface area (Å²) in [6, 6.07) is 14.0. The first-order chi connectivity index (χ1) is 17.5. The van der Waals surface area contributed by atoms with E-state index < -0.39 is 26.9 Å². The zero-order valence-corrected chi connectivity index (χ0v) is 20.7. The summed E-state index contributed by atoms with van der Waals surface area (Å²) in [6.45, 7) is 3.24. The van der Waals surface area contributed by atoms with Crippen molar-refractivity contribution < 1.29 is 41.0 Å². The summed E-state index contributed by atoms with van der Waals surface area (Å²) < 4.78 is 71.1. The zero-order valence-electron chi connectivity index (χ0n) is 19.9. The number of hydrogen-bond donors (Lipinski definition) is 1. The van der Waals surface area contributed by atoms with Crippen molar-refractivity contribution in [2.45, 2.75) is 43.2 Å². The first-order valence-corrected chi connectivity index (χ1v) is 13.5. The number of carboxylic acid groups (broad SMARTS) is 1. The normalized spacial score (nSPS) is 21.3. The molecule has 1 N–H and O–H groups in total. The van der Waals surface area contributed by atoms with Gasteiger partial charge in [-0.3, -0.25) is 9.21 Å². The summed E-state index contributed by atoms with van der Waals surface area (Å²) in [5, 5.41) is 7.12. The molecule has 0 bridgehead atoms. The van der Waals surface area contributed by atoms with Crippen LogP contribution in [0, 0.1) is 5.92 Å². The predicted molar refractivity (Wildman–Crippen MR) is 128 cm³/mol. The van der Waals surface area contributed by atoms with E-state index in [1.54, 1.807) is 4.31 Å². The highest BCUT2D eigenvalue weighted by atomic mass is 32.2. The molecular formula is C25H27F3N2O6S. The molecule has 0 amide bonds. The highest BCUT2D eigenvalue weighted by molar-refractivity contribution is 7.94. The number of anilines is 1. The number of ether oxygens (including phenoxy) is 2. The van der Waals surface area contributed by atoms with Crippen molar-refractivity contribution in [3.05, 3.63) is 53.6 Å². The molecule has 1 spiro atoms. The van der Waals surface area contributed by atoms with Gasteiger partial charge in [0.25, 0.3) is 0 Å². The first-order valence-electron chi connectivity index (χ1n) is 12.0.